The molecule has 0 aromatic rings. The van der Waals surface area contributed by atoms with Crippen molar-refractivity contribution in [2.45, 2.75) is 420 Å². The molecule has 0 amide bonds. The van der Waals surface area contributed by atoms with Gasteiger partial charge in [-0.1, -0.05) is 350 Å². The van der Waals surface area contributed by atoms with Gasteiger partial charge in [-0.25, -0.2) is 9.13 Å². The van der Waals surface area contributed by atoms with Gasteiger partial charge in [-0.2, -0.15) is 0 Å². The number of unbranched alkanes of at least 4 members (excludes halogenated alkanes) is 44. The van der Waals surface area contributed by atoms with Crippen LogP contribution in [0.3, 0.4) is 0 Å². The van der Waals surface area contributed by atoms with Gasteiger partial charge in [0.25, 0.3) is 0 Å². The maximum Gasteiger partial charge on any atom is 0.472 e. The van der Waals surface area contributed by atoms with Crippen LogP contribution in [0.1, 0.15) is 402 Å². The molecule has 0 saturated carbocycles. The topological polar surface area (TPSA) is 237 Å². The summed E-state index contributed by atoms with van der Waals surface area (Å²) in [6, 6.07) is 0. The third-order valence-electron chi connectivity index (χ3n) is 18.1. The van der Waals surface area contributed by atoms with Crippen LogP contribution in [-0.2, 0) is 65.4 Å². The fourth-order valence-corrected chi connectivity index (χ4v) is 13.5. The lowest BCUT2D eigenvalue weighted by Crippen LogP contribution is -2.30. The molecular formula is C78H152O17P2. The second-order valence-electron chi connectivity index (χ2n) is 29.5. The summed E-state index contributed by atoms with van der Waals surface area (Å²) in [7, 11) is -9.91. The van der Waals surface area contributed by atoms with E-state index >= 15 is 0 Å². The molecule has 0 aliphatic carbocycles. The molecule has 0 aliphatic rings. The number of rotatable bonds is 76. The molecule has 0 spiro atoms. The standard InChI is InChI=1S/C78H152O17P2/c1-8-9-10-11-12-13-32-38-47-54-61-77(82)95-74(66-89-76(81)60-53-46-41-40-44-51-58-71(6)7)68-93-97(86,87)91-64-72(79)63-90-96(84,85)92-67-73(65-88-75(80)59-52-45-37-33-28-24-21-20-23-27-31-36-43-50-57-70(4)5)94-78(83)62-55-48-39-34-29-25-19-17-15-14-16-18-22-26-30-35-42-49-56-69(2)3/h69-74,79H,8-68H2,1-7H3,(H,84,85)(H,86,87)/t72-,73-,74-/m1/s1. The number of aliphatic hydroxyl groups is 1. The number of hydrogen-bond acceptors (Lipinski definition) is 15. The number of hydrogen-bond donors (Lipinski definition) is 3. The van der Waals surface area contributed by atoms with Crippen LogP contribution in [0.25, 0.3) is 0 Å². The molecule has 0 aliphatic heterocycles. The quantitative estimate of drug-likeness (QED) is 0.0222. The smallest absolute Gasteiger partial charge is 0.462 e. The van der Waals surface area contributed by atoms with Gasteiger partial charge < -0.3 is 33.8 Å². The van der Waals surface area contributed by atoms with Crippen LogP contribution in [0.15, 0.2) is 0 Å². The number of ether oxygens (including phenoxy) is 4. The van der Waals surface area contributed by atoms with Crippen molar-refractivity contribution in [2.75, 3.05) is 39.6 Å². The van der Waals surface area contributed by atoms with Crippen molar-refractivity contribution < 1.29 is 80.2 Å². The lowest BCUT2D eigenvalue weighted by Gasteiger charge is -2.21. The summed E-state index contributed by atoms with van der Waals surface area (Å²) in [5.74, 6) is 0.181. The zero-order chi connectivity index (χ0) is 71.6. The molecule has 0 aromatic carbocycles. The van der Waals surface area contributed by atoms with Crippen LogP contribution in [-0.4, -0.2) is 96.7 Å². The number of esters is 4. The van der Waals surface area contributed by atoms with Crippen LogP contribution in [0, 0.1) is 17.8 Å². The van der Waals surface area contributed by atoms with E-state index in [2.05, 4.69) is 48.5 Å². The van der Waals surface area contributed by atoms with Crippen molar-refractivity contribution in [1.82, 2.24) is 0 Å². The highest BCUT2D eigenvalue weighted by atomic mass is 31.2. The van der Waals surface area contributed by atoms with Crippen molar-refractivity contribution in [3.63, 3.8) is 0 Å². The second kappa shape index (κ2) is 68.5. The van der Waals surface area contributed by atoms with Crippen molar-refractivity contribution in [1.29, 1.82) is 0 Å². The Hall–Kier alpha value is -1.94. The van der Waals surface area contributed by atoms with E-state index in [1.54, 1.807) is 0 Å². The third-order valence-corrected chi connectivity index (χ3v) is 20.0. The SMILES string of the molecule is CCCCCCCCCCCCC(=O)O[C@H](COC(=O)CCCCCCCCC(C)C)COP(=O)(O)OC[C@H](O)COP(=O)(O)OC[C@@H](COC(=O)CCCCCCCCCCCCCCCCC(C)C)OC(=O)CCCCCCCCCCCCCCCCCCCCC(C)C. The normalized spacial score (nSPS) is 14.0. The minimum atomic E-state index is -4.96. The Morgan fingerprint density at radius 1 is 0.278 bits per heavy atom. The number of carbonyl (C=O) groups excluding carboxylic acids is 4. The number of phosphoric acid groups is 2. The van der Waals surface area contributed by atoms with Gasteiger partial charge in [-0.3, -0.25) is 37.3 Å². The molecule has 0 heterocycles. The monoisotopic (exact) mass is 1420 g/mol. The van der Waals surface area contributed by atoms with Gasteiger partial charge in [-0.15, -0.1) is 0 Å². The average Bonchev–Trinajstić information content (AvgIpc) is 1.14. The summed E-state index contributed by atoms with van der Waals surface area (Å²) in [5.41, 5.74) is 0. The molecular weight excluding hydrogens is 1270 g/mol. The predicted octanol–water partition coefficient (Wildman–Crippen LogP) is 23.0. The first-order valence-electron chi connectivity index (χ1n) is 40.3. The van der Waals surface area contributed by atoms with E-state index in [0.717, 1.165) is 108 Å². The van der Waals surface area contributed by atoms with Gasteiger partial charge in [0, 0.05) is 25.7 Å². The van der Waals surface area contributed by atoms with E-state index in [4.69, 9.17) is 37.0 Å². The molecule has 3 N–H and O–H groups in total. The van der Waals surface area contributed by atoms with Gasteiger partial charge in [0.15, 0.2) is 12.2 Å². The van der Waals surface area contributed by atoms with Gasteiger partial charge in [0.05, 0.1) is 26.4 Å². The van der Waals surface area contributed by atoms with Crippen LogP contribution >= 0.6 is 15.6 Å². The molecule has 19 heteroatoms. The lowest BCUT2D eigenvalue weighted by molar-refractivity contribution is -0.161. The first-order chi connectivity index (χ1) is 46.7. The lowest BCUT2D eigenvalue weighted by atomic mass is 10.0. The highest BCUT2D eigenvalue weighted by Gasteiger charge is 2.30. The second-order valence-corrected chi connectivity index (χ2v) is 32.4. The third kappa shape index (κ3) is 72.2. The molecule has 0 rings (SSSR count). The Balaban J connectivity index is 5.19. The van der Waals surface area contributed by atoms with Gasteiger partial charge in [0.1, 0.15) is 19.3 Å². The summed E-state index contributed by atoms with van der Waals surface area (Å²) in [5, 5.41) is 10.6. The number of aliphatic hydroxyl groups excluding tert-OH is 1. The summed E-state index contributed by atoms with van der Waals surface area (Å²) >= 11 is 0. The molecule has 5 atom stereocenters. The highest BCUT2D eigenvalue weighted by Crippen LogP contribution is 2.45. The molecule has 0 saturated heterocycles. The van der Waals surface area contributed by atoms with Gasteiger partial charge >= 0.3 is 39.5 Å². The summed E-state index contributed by atoms with van der Waals surface area (Å²) in [6.07, 6.45) is 55.8. The zero-order valence-corrected chi connectivity index (χ0v) is 65.3. The molecule has 0 aromatic heterocycles. The van der Waals surface area contributed by atoms with Crippen molar-refractivity contribution in [3.8, 4) is 0 Å². The minimum absolute atomic E-state index is 0.105. The fraction of sp³-hybridized carbons (Fsp3) is 0.949. The van der Waals surface area contributed by atoms with Crippen LogP contribution in [0.2, 0.25) is 0 Å². The first-order valence-corrected chi connectivity index (χ1v) is 43.3. The summed E-state index contributed by atoms with van der Waals surface area (Å²) in [6.45, 7) is 11.9. The molecule has 0 fully saturated rings. The Labute approximate surface area is 594 Å². The number of carbonyl (C=O) groups is 4. The van der Waals surface area contributed by atoms with Gasteiger partial charge in [0.2, 0.25) is 0 Å². The molecule has 97 heavy (non-hydrogen) atoms. The highest BCUT2D eigenvalue weighted by molar-refractivity contribution is 7.47. The predicted molar refractivity (Wildman–Crippen MR) is 395 cm³/mol. The minimum Gasteiger partial charge on any atom is -0.462 e. The van der Waals surface area contributed by atoms with Crippen molar-refractivity contribution in [2.24, 2.45) is 17.8 Å². The van der Waals surface area contributed by atoms with E-state index in [9.17, 15) is 43.2 Å². The average molecular weight is 1420 g/mol. The summed E-state index contributed by atoms with van der Waals surface area (Å²) < 4.78 is 68.5. The Bertz CT molecular complexity index is 1890. The van der Waals surface area contributed by atoms with E-state index in [0.29, 0.717) is 31.6 Å². The van der Waals surface area contributed by atoms with E-state index in [1.165, 1.54) is 205 Å². The van der Waals surface area contributed by atoms with Crippen LogP contribution < -0.4 is 0 Å². The first kappa shape index (κ1) is 95.1. The van der Waals surface area contributed by atoms with Crippen molar-refractivity contribution >= 4 is 39.5 Å². The van der Waals surface area contributed by atoms with Crippen LogP contribution in [0.5, 0.6) is 0 Å². The Morgan fingerprint density at radius 3 is 0.701 bits per heavy atom. The fourth-order valence-electron chi connectivity index (χ4n) is 12.0. The van der Waals surface area contributed by atoms with E-state index in [1.807, 2.05) is 0 Å². The Kier molecular flexibility index (Phi) is 67.1. The molecule has 0 bridgehead atoms. The summed E-state index contributed by atoms with van der Waals surface area (Å²) in [4.78, 5) is 72.8. The van der Waals surface area contributed by atoms with Crippen molar-refractivity contribution in [3.05, 3.63) is 0 Å². The van der Waals surface area contributed by atoms with Crippen LogP contribution in [0.4, 0.5) is 0 Å². The maximum absolute atomic E-state index is 13.1. The van der Waals surface area contributed by atoms with Gasteiger partial charge in [-0.05, 0) is 43.4 Å². The molecule has 576 valence electrons. The molecule has 2 unspecified atom stereocenters. The number of phosphoric ester groups is 2. The maximum atomic E-state index is 13.1. The van der Waals surface area contributed by atoms with E-state index in [-0.39, 0.29) is 25.7 Å². The molecule has 17 nitrogen and oxygen atoms in total. The largest absolute Gasteiger partial charge is 0.472 e. The van der Waals surface area contributed by atoms with E-state index < -0.39 is 97.5 Å². The zero-order valence-electron chi connectivity index (χ0n) is 63.5. The molecule has 0 radical (unpaired) electrons. The Morgan fingerprint density at radius 2 is 0.474 bits per heavy atom.